The van der Waals surface area contributed by atoms with Crippen LogP contribution in [0.15, 0.2) is 60.8 Å². The minimum Gasteiger partial charge on any atom is -0.480 e. The van der Waals surface area contributed by atoms with E-state index in [1.165, 1.54) is 16.8 Å². The Morgan fingerprint density at radius 1 is 1.02 bits per heavy atom. The molecule has 13 nitrogen and oxygen atoms in total. The van der Waals surface area contributed by atoms with Gasteiger partial charge in [-0.25, -0.2) is 4.68 Å². The number of carbonyl (C=O) groups excluding carboxylic acids is 1. The Bertz CT molecular complexity index is 1990. The number of ether oxygens (including phenoxy) is 1. The first kappa shape index (κ1) is 37.1. The van der Waals surface area contributed by atoms with Crippen molar-refractivity contribution in [1.82, 2.24) is 35.3 Å². The number of rotatable bonds is 9. The maximum absolute atomic E-state index is 15.0. The predicted octanol–water partition coefficient (Wildman–Crippen LogP) is 4.76. The van der Waals surface area contributed by atoms with Crippen molar-refractivity contribution in [1.29, 1.82) is 0 Å². The number of halogens is 3. The van der Waals surface area contributed by atoms with Crippen LogP contribution in [0.4, 0.5) is 24.9 Å². The molecule has 0 saturated carbocycles. The van der Waals surface area contributed by atoms with Crippen LogP contribution >= 0.6 is 0 Å². The van der Waals surface area contributed by atoms with Gasteiger partial charge in [-0.2, -0.15) is 28.2 Å². The van der Waals surface area contributed by atoms with E-state index in [9.17, 15) is 14.7 Å². The molecule has 3 aliphatic rings. The highest BCUT2D eigenvalue weighted by Crippen LogP contribution is 2.46. The number of benzene rings is 2. The molecule has 4 aromatic rings. The fourth-order valence-corrected chi connectivity index (χ4v) is 8.10. The van der Waals surface area contributed by atoms with Gasteiger partial charge in [-0.05, 0) is 73.4 Å². The minimum absolute atomic E-state index is 0.0489. The molecule has 0 aliphatic carbocycles. The molecule has 16 heteroatoms. The molecule has 54 heavy (non-hydrogen) atoms. The number of hydrogen-bond donors (Lipinski definition) is 4. The lowest BCUT2D eigenvalue weighted by Gasteiger charge is -2.43. The van der Waals surface area contributed by atoms with E-state index in [2.05, 4.69) is 25.7 Å². The normalized spacial score (nSPS) is 20.6. The van der Waals surface area contributed by atoms with E-state index < -0.39 is 24.3 Å². The van der Waals surface area contributed by atoms with E-state index in [1.54, 1.807) is 60.5 Å². The van der Waals surface area contributed by atoms with Gasteiger partial charge in [0.25, 0.3) is 5.91 Å². The molecule has 0 radical (unpaired) electrons. The predicted molar refractivity (Wildman–Crippen MR) is 196 cm³/mol. The Balaban J connectivity index is 1.16. The van der Waals surface area contributed by atoms with Crippen LogP contribution in [0.25, 0.3) is 16.8 Å². The largest absolute Gasteiger partial charge is 0.480 e. The average Bonchev–Trinajstić information content (AvgIpc) is 3.76. The van der Waals surface area contributed by atoms with Gasteiger partial charge < -0.3 is 36.0 Å². The molecule has 3 fully saturated rings. The lowest BCUT2D eigenvalue weighted by Crippen LogP contribution is -2.46. The van der Waals surface area contributed by atoms with Gasteiger partial charge >= 0.3 is 12.1 Å². The van der Waals surface area contributed by atoms with Crippen LogP contribution in [0.3, 0.4) is 0 Å². The fraction of sp³-hybridized carbons (Fsp3) is 0.447. The zero-order chi connectivity index (χ0) is 38.2. The van der Waals surface area contributed by atoms with E-state index >= 15 is 13.2 Å². The maximum atomic E-state index is 15.0. The quantitative estimate of drug-likeness (QED) is 0.187. The number of piperazine rings is 1. The van der Waals surface area contributed by atoms with Crippen molar-refractivity contribution in [2.45, 2.75) is 63.9 Å². The third-order valence-corrected chi connectivity index (χ3v) is 10.9. The molecule has 2 aromatic carbocycles. The van der Waals surface area contributed by atoms with Crippen molar-refractivity contribution in [3.8, 4) is 22.7 Å². The molecule has 3 aliphatic heterocycles. The number of nitrogen functional groups attached to an aromatic ring is 1. The van der Waals surface area contributed by atoms with Gasteiger partial charge in [0.05, 0.1) is 11.4 Å². The number of alkyl halides is 3. The topological polar surface area (TPSA) is 164 Å². The molecule has 5 heterocycles. The number of amides is 1. The molecule has 3 saturated heterocycles. The second-order valence-electron chi connectivity index (χ2n) is 14.3. The number of carboxylic acids is 1. The molecular formula is C38H44F3N9O4. The molecule has 286 valence electrons. The van der Waals surface area contributed by atoms with E-state index in [4.69, 9.17) is 10.5 Å². The highest BCUT2D eigenvalue weighted by Gasteiger charge is 2.50. The maximum Gasteiger partial charge on any atom is 0.429 e. The SMILES string of the molecule is CCC1NC(C(=O)O)CC12CCN(c1cc(O[C@H](c3ccc(-c4ccc(C(=O)N5CCNCC5)cc4)cc3-n3ccc(C)n3)C(F)(F)F)nc(N)n1)CC2. The standard InChI is InChI=1S/C38H44F3N9O4/c1-3-30-37(22-28(44-30)35(52)53)11-16-48(17-12-37)31-21-32(46-36(42)45-31)54-33(38(39,40)41)27-9-8-26(20-29(27)50-15-10-23(2)47-50)24-4-6-25(7-5-24)34(51)49-18-13-43-14-19-49/h4-10,15,20-21,28,30,33,43-44H,3,11-14,16-19,22H2,1-2H3,(H,52,53)(H2,42,45,46)/t28?,30?,33-/m1/s1. The summed E-state index contributed by atoms with van der Waals surface area (Å²) in [6, 6.07) is 14.1. The van der Waals surface area contributed by atoms with Crippen LogP contribution in [-0.4, -0.2) is 99.2 Å². The number of nitrogens with two attached hydrogens (primary N) is 1. The Hall–Kier alpha value is -5.22. The smallest absolute Gasteiger partial charge is 0.429 e. The number of nitrogens with one attached hydrogen (secondary N) is 2. The molecule has 7 rings (SSSR count). The number of aliphatic carboxylic acids is 1. The number of anilines is 2. The summed E-state index contributed by atoms with van der Waals surface area (Å²) in [6.45, 7) is 7.50. The first-order valence-electron chi connectivity index (χ1n) is 18.2. The van der Waals surface area contributed by atoms with Gasteiger partial charge in [0.15, 0.2) is 0 Å². The third-order valence-electron chi connectivity index (χ3n) is 10.9. The number of hydrogen-bond acceptors (Lipinski definition) is 10. The van der Waals surface area contributed by atoms with E-state index in [1.807, 2.05) is 11.8 Å². The minimum atomic E-state index is -4.87. The van der Waals surface area contributed by atoms with Gasteiger partial charge in [-0.1, -0.05) is 31.2 Å². The summed E-state index contributed by atoms with van der Waals surface area (Å²) in [7, 11) is 0. The highest BCUT2D eigenvalue weighted by molar-refractivity contribution is 5.94. The molecule has 2 unspecified atom stereocenters. The van der Waals surface area contributed by atoms with Crippen molar-refractivity contribution >= 4 is 23.6 Å². The van der Waals surface area contributed by atoms with Crippen LogP contribution < -0.4 is 26.0 Å². The van der Waals surface area contributed by atoms with E-state index in [0.29, 0.717) is 73.6 Å². The summed E-state index contributed by atoms with van der Waals surface area (Å²) in [4.78, 5) is 36.9. The fourth-order valence-electron chi connectivity index (χ4n) is 8.10. The Kier molecular flexibility index (Phi) is 10.2. The number of aryl methyl sites for hydroxylation is 1. The molecular weight excluding hydrogens is 703 g/mol. The number of piperidine rings is 1. The van der Waals surface area contributed by atoms with Crippen molar-refractivity contribution in [2.24, 2.45) is 5.41 Å². The second-order valence-corrected chi connectivity index (χ2v) is 14.3. The summed E-state index contributed by atoms with van der Waals surface area (Å²) in [5.41, 5.74) is 8.29. The first-order chi connectivity index (χ1) is 25.8. The molecule has 3 atom stereocenters. The van der Waals surface area contributed by atoms with Crippen molar-refractivity contribution < 1.29 is 32.6 Å². The summed E-state index contributed by atoms with van der Waals surface area (Å²) >= 11 is 0. The van der Waals surface area contributed by atoms with Crippen LogP contribution in [0, 0.1) is 12.3 Å². The number of aromatic nitrogens is 4. The zero-order valence-corrected chi connectivity index (χ0v) is 30.1. The first-order valence-corrected chi connectivity index (χ1v) is 18.2. The van der Waals surface area contributed by atoms with Crippen LogP contribution in [0.1, 0.15) is 60.3 Å². The summed E-state index contributed by atoms with van der Waals surface area (Å²) < 4.78 is 52.2. The second kappa shape index (κ2) is 14.9. The van der Waals surface area contributed by atoms with E-state index in [-0.39, 0.29) is 40.4 Å². The van der Waals surface area contributed by atoms with Gasteiger partial charge in [-0.3, -0.25) is 9.59 Å². The molecule has 5 N–H and O–H groups in total. The van der Waals surface area contributed by atoms with E-state index in [0.717, 1.165) is 19.5 Å². The van der Waals surface area contributed by atoms with Crippen LogP contribution in [0.2, 0.25) is 0 Å². The van der Waals surface area contributed by atoms with Gasteiger partial charge in [0.1, 0.15) is 11.9 Å². The summed E-state index contributed by atoms with van der Waals surface area (Å²) in [5.74, 6) is -1.18. The highest BCUT2D eigenvalue weighted by atomic mass is 19.4. The Morgan fingerprint density at radius 2 is 1.72 bits per heavy atom. The molecule has 1 amide bonds. The van der Waals surface area contributed by atoms with Crippen LogP contribution in [0.5, 0.6) is 5.88 Å². The molecule has 1 spiro atoms. The number of carbonyl (C=O) groups is 2. The van der Waals surface area contributed by atoms with Crippen molar-refractivity contribution in [2.75, 3.05) is 49.9 Å². The average molecular weight is 748 g/mol. The lowest BCUT2D eigenvalue weighted by atomic mass is 9.71. The van der Waals surface area contributed by atoms with Crippen molar-refractivity contribution in [3.63, 3.8) is 0 Å². The molecule has 0 bridgehead atoms. The lowest BCUT2D eigenvalue weighted by molar-refractivity contribution is -0.198. The number of nitrogens with zero attached hydrogens (tertiary/aromatic N) is 6. The van der Waals surface area contributed by atoms with Gasteiger partial charge in [0.2, 0.25) is 17.9 Å². The van der Waals surface area contributed by atoms with Crippen LogP contribution in [-0.2, 0) is 4.79 Å². The van der Waals surface area contributed by atoms with Gasteiger partial charge in [0, 0.05) is 68.7 Å². The van der Waals surface area contributed by atoms with Crippen molar-refractivity contribution in [3.05, 3.63) is 77.6 Å². The van der Waals surface area contributed by atoms with Gasteiger partial charge in [-0.15, -0.1) is 0 Å². The molecule has 2 aromatic heterocycles. The Labute approximate surface area is 310 Å². The third kappa shape index (κ3) is 7.57. The summed E-state index contributed by atoms with van der Waals surface area (Å²) in [6.07, 6.45) is -3.06. The monoisotopic (exact) mass is 747 g/mol. The Morgan fingerprint density at radius 3 is 2.35 bits per heavy atom. The number of carboxylic acid groups (broad SMARTS) is 1. The zero-order valence-electron chi connectivity index (χ0n) is 30.1. The summed E-state index contributed by atoms with van der Waals surface area (Å²) in [5, 5.41) is 20.6.